The Morgan fingerprint density at radius 3 is 2.76 bits per heavy atom. The number of sulfone groups is 1. The van der Waals surface area contributed by atoms with Crippen LogP contribution in [0.15, 0.2) is 35.5 Å². The monoisotopic (exact) mass is 358 g/mol. The SMILES string of the molecule is CCCS(=O)(=O)c1nc(NC2CC2c2ccccc2)c2n[nH]nc2n1. The van der Waals surface area contributed by atoms with E-state index in [1.807, 2.05) is 18.2 Å². The summed E-state index contributed by atoms with van der Waals surface area (Å²) in [5.74, 6) is 0.803. The molecule has 0 saturated heterocycles. The van der Waals surface area contributed by atoms with Crippen LogP contribution in [0.2, 0.25) is 0 Å². The molecule has 1 saturated carbocycles. The quantitative estimate of drug-likeness (QED) is 0.647. The number of nitrogens with zero attached hydrogens (tertiary/aromatic N) is 4. The van der Waals surface area contributed by atoms with Crippen LogP contribution in [-0.4, -0.2) is 45.6 Å². The van der Waals surface area contributed by atoms with E-state index in [0.717, 1.165) is 6.42 Å². The maximum Gasteiger partial charge on any atom is 0.251 e. The molecule has 2 N–H and O–H groups in total. The van der Waals surface area contributed by atoms with Crippen molar-refractivity contribution in [2.45, 2.75) is 36.9 Å². The highest BCUT2D eigenvalue weighted by Gasteiger charge is 2.39. The third-order valence-electron chi connectivity index (χ3n) is 4.25. The molecule has 0 bridgehead atoms. The summed E-state index contributed by atoms with van der Waals surface area (Å²) in [4.78, 5) is 8.29. The lowest BCUT2D eigenvalue weighted by molar-refractivity contribution is 0.586. The molecule has 4 rings (SSSR count). The zero-order chi connectivity index (χ0) is 17.4. The number of H-pyrrole nitrogens is 1. The summed E-state index contributed by atoms with van der Waals surface area (Å²) in [7, 11) is -3.53. The number of benzene rings is 1. The van der Waals surface area contributed by atoms with Crippen molar-refractivity contribution in [2.24, 2.45) is 0 Å². The van der Waals surface area contributed by atoms with Crippen LogP contribution in [-0.2, 0) is 9.84 Å². The smallest absolute Gasteiger partial charge is 0.251 e. The summed E-state index contributed by atoms with van der Waals surface area (Å²) in [5.41, 5.74) is 1.96. The van der Waals surface area contributed by atoms with E-state index >= 15 is 0 Å². The minimum atomic E-state index is -3.53. The van der Waals surface area contributed by atoms with Gasteiger partial charge in [-0.1, -0.05) is 37.3 Å². The van der Waals surface area contributed by atoms with Crippen molar-refractivity contribution < 1.29 is 8.42 Å². The van der Waals surface area contributed by atoms with E-state index in [0.29, 0.717) is 23.7 Å². The summed E-state index contributed by atoms with van der Waals surface area (Å²) >= 11 is 0. The van der Waals surface area contributed by atoms with E-state index < -0.39 is 9.84 Å². The van der Waals surface area contributed by atoms with Crippen LogP contribution in [0.1, 0.15) is 31.2 Å². The zero-order valence-corrected chi connectivity index (χ0v) is 14.5. The van der Waals surface area contributed by atoms with Crippen LogP contribution >= 0.6 is 0 Å². The second kappa shape index (κ2) is 6.07. The number of rotatable bonds is 6. The summed E-state index contributed by atoms with van der Waals surface area (Å²) in [5, 5.41) is 13.6. The lowest BCUT2D eigenvalue weighted by Gasteiger charge is -2.08. The molecular weight excluding hydrogens is 340 g/mol. The van der Waals surface area contributed by atoms with Crippen LogP contribution < -0.4 is 5.32 Å². The lowest BCUT2D eigenvalue weighted by atomic mass is 10.1. The number of hydrogen-bond donors (Lipinski definition) is 2. The van der Waals surface area contributed by atoms with Crippen LogP contribution in [0.3, 0.4) is 0 Å². The van der Waals surface area contributed by atoms with Crippen LogP contribution in [0.25, 0.3) is 11.2 Å². The van der Waals surface area contributed by atoms with Gasteiger partial charge in [0.1, 0.15) is 0 Å². The molecule has 3 aromatic rings. The molecule has 2 unspecified atom stereocenters. The van der Waals surface area contributed by atoms with Gasteiger partial charge in [-0.3, -0.25) is 0 Å². The maximum atomic E-state index is 12.3. The first kappa shape index (κ1) is 15.9. The number of hydrogen-bond acceptors (Lipinski definition) is 7. The first-order valence-electron chi connectivity index (χ1n) is 8.21. The number of fused-ring (bicyclic) bond motifs is 1. The minimum absolute atomic E-state index is 0.00582. The summed E-state index contributed by atoms with van der Waals surface area (Å²) < 4.78 is 24.7. The third kappa shape index (κ3) is 3.07. The predicted molar refractivity (Wildman–Crippen MR) is 93.0 cm³/mol. The van der Waals surface area contributed by atoms with Crippen molar-refractivity contribution >= 4 is 26.8 Å². The Morgan fingerprint density at radius 2 is 2.00 bits per heavy atom. The fraction of sp³-hybridized carbons (Fsp3) is 0.375. The Kier molecular flexibility index (Phi) is 3.87. The fourth-order valence-electron chi connectivity index (χ4n) is 2.92. The normalized spacial score (nSPS) is 19.9. The van der Waals surface area contributed by atoms with Crippen molar-refractivity contribution in [1.82, 2.24) is 25.4 Å². The summed E-state index contributed by atoms with van der Waals surface area (Å²) in [6.07, 6.45) is 1.47. The molecule has 9 heteroatoms. The molecule has 0 spiro atoms. The molecule has 25 heavy (non-hydrogen) atoms. The largest absolute Gasteiger partial charge is 0.365 e. The number of aromatic amines is 1. The number of nitrogens with one attached hydrogen (secondary N) is 2. The molecule has 2 atom stereocenters. The molecule has 2 heterocycles. The predicted octanol–water partition coefficient (Wildman–Crippen LogP) is 1.90. The average molecular weight is 358 g/mol. The van der Waals surface area contributed by atoms with E-state index in [1.54, 1.807) is 6.92 Å². The van der Waals surface area contributed by atoms with Gasteiger partial charge in [0.25, 0.3) is 5.16 Å². The van der Waals surface area contributed by atoms with Gasteiger partial charge in [-0.05, 0) is 18.4 Å². The maximum absolute atomic E-state index is 12.3. The zero-order valence-electron chi connectivity index (χ0n) is 13.7. The average Bonchev–Trinajstić information content (AvgIpc) is 3.19. The van der Waals surface area contributed by atoms with Gasteiger partial charge in [0.15, 0.2) is 11.3 Å². The molecule has 1 aliphatic rings. The fourth-order valence-corrected chi connectivity index (χ4v) is 4.10. The lowest BCUT2D eigenvalue weighted by Crippen LogP contribution is -2.14. The summed E-state index contributed by atoms with van der Waals surface area (Å²) in [6.45, 7) is 1.81. The Bertz CT molecular complexity index is 1000. The molecule has 1 fully saturated rings. The first-order valence-corrected chi connectivity index (χ1v) is 9.86. The van der Waals surface area contributed by atoms with Crippen molar-refractivity contribution in [2.75, 3.05) is 11.1 Å². The van der Waals surface area contributed by atoms with Gasteiger partial charge in [0, 0.05) is 12.0 Å². The first-order chi connectivity index (χ1) is 12.1. The van der Waals surface area contributed by atoms with Gasteiger partial charge >= 0.3 is 0 Å². The van der Waals surface area contributed by atoms with Crippen molar-refractivity contribution in [3.05, 3.63) is 35.9 Å². The molecule has 1 aliphatic carbocycles. The van der Waals surface area contributed by atoms with E-state index in [-0.39, 0.29) is 22.6 Å². The number of aromatic nitrogens is 5. The van der Waals surface area contributed by atoms with Gasteiger partial charge in [-0.15, -0.1) is 5.10 Å². The van der Waals surface area contributed by atoms with E-state index in [1.165, 1.54) is 5.56 Å². The molecule has 0 aliphatic heterocycles. The topological polar surface area (TPSA) is 114 Å². The van der Waals surface area contributed by atoms with Gasteiger partial charge in [-0.25, -0.2) is 8.42 Å². The second-order valence-electron chi connectivity index (χ2n) is 6.17. The van der Waals surface area contributed by atoms with Crippen LogP contribution in [0, 0.1) is 0 Å². The van der Waals surface area contributed by atoms with E-state index in [2.05, 4.69) is 42.8 Å². The highest BCUT2D eigenvalue weighted by atomic mass is 32.2. The molecular formula is C16H18N6O2S. The Balaban J connectivity index is 1.65. The van der Waals surface area contributed by atoms with Crippen molar-refractivity contribution in [1.29, 1.82) is 0 Å². The van der Waals surface area contributed by atoms with Gasteiger partial charge in [0.05, 0.1) is 5.75 Å². The molecule has 8 nitrogen and oxygen atoms in total. The third-order valence-corrected chi connectivity index (χ3v) is 5.94. The number of anilines is 1. The summed E-state index contributed by atoms with van der Waals surface area (Å²) in [6, 6.07) is 10.4. The Labute approximate surface area is 145 Å². The van der Waals surface area contributed by atoms with Gasteiger partial charge in [-0.2, -0.15) is 20.3 Å². The molecule has 1 aromatic carbocycles. The molecule has 130 valence electrons. The van der Waals surface area contributed by atoms with Crippen LogP contribution in [0.5, 0.6) is 0 Å². The highest BCUT2D eigenvalue weighted by Crippen LogP contribution is 2.43. The van der Waals surface area contributed by atoms with Crippen molar-refractivity contribution in [3.8, 4) is 0 Å². The van der Waals surface area contributed by atoms with Crippen molar-refractivity contribution in [3.63, 3.8) is 0 Å². The van der Waals surface area contributed by atoms with E-state index in [9.17, 15) is 8.42 Å². The van der Waals surface area contributed by atoms with Crippen LogP contribution in [0.4, 0.5) is 5.82 Å². The van der Waals surface area contributed by atoms with Gasteiger partial charge in [0.2, 0.25) is 15.5 Å². The second-order valence-corrected chi connectivity index (χ2v) is 8.18. The molecule has 2 aromatic heterocycles. The Morgan fingerprint density at radius 1 is 1.20 bits per heavy atom. The molecule has 0 radical (unpaired) electrons. The molecule has 0 amide bonds. The Hall–Kier alpha value is -2.55. The highest BCUT2D eigenvalue weighted by molar-refractivity contribution is 7.91. The standard InChI is InChI=1S/C16H18N6O2S/c1-2-8-25(23,24)16-18-14(13-15(19-16)21-22-20-13)17-12-9-11(12)10-6-4-3-5-7-10/h3-7,11-12H,2,8-9H2,1H3,(H2,17,18,19,20,21,22). The van der Waals surface area contributed by atoms with E-state index in [4.69, 9.17) is 0 Å². The minimum Gasteiger partial charge on any atom is -0.365 e. The van der Waals surface area contributed by atoms with Gasteiger partial charge < -0.3 is 5.32 Å².